The molecule has 0 nitrogen and oxygen atoms in total. The van der Waals surface area contributed by atoms with Gasteiger partial charge in [0, 0.05) is 3.57 Å². The minimum Gasteiger partial charge on any atom is -0.206 e. The van der Waals surface area contributed by atoms with Gasteiger partial charge in [-0.1, -0.05) is 43.7 Å². The Bertz CT molecular complexity index is 988. The van der Waals surface area contributed by atoms with Crippen LogP contribution in [0.4, 0.5) is 28.2 Å². The fourth-order valence-electron chi connectivity index (χ4n) is 2.54. The molecule has 0 aliphatic heterocycles. The molecule has 27 heavy (non-hydrogen) atoms. The standard InChI is InChI=1S/C18H10F7IS/c19-16-9-13(11-1-5-14(26)6-2-11)10-17(20)18(16)12-3-7-15(8-4-12)27(21,22,23,24)25/h1-10H. The first-order valence-electron chi connectivity index (χ1n) is 7.34. The molecule has 0 saturated carbocycles. The molecule has 3 rings (SSSR count). The van der Waals surface area contributed by atoms with Gasteiger partial charge in [0.05, 0.1) is 5.56 Å². The van der Waals surface area contributed by atoms with Gasteiger partial charge in [0.25, 0.3) is 0 Å². The van der Waals surface area contributed by atoms with E-state index in [-0.39, 0.29) is 23.3 Å². The summed E-state index contributed by atoms with van der Waals surface area (Å²) in [6, 6.07) is 10.4. The Morgan fingerprint density at radius 3 is 1.48 bits per heavy atom. The largest absolute Gasteiger partial charge is 0.310 e. The topological polar surface area (TPSA) is 0 Å². The maximum absolute atomic E-state index is 14.4. The van der Waals surface area contributed by atoms with E-state index in [1.165, 1.54) is 0 Å². The van der Waals surface area contributed by atoms with Crippen LogP contribution in [0, 0.1) is 15.2 Å². The van der Waals surface area contributed by atoms with Crippen LogP contribution >= 0.6 is 32.8 Å². The predicted molar refractivity (Wildman–Crippen MR) is 101 cm³/mol. The molecule has 0 heterocycles. The summed E-state index contributed by atoms with van der Waals surface area (Å²) in [5, 5.41) is 0. The molecule has 0 aliphatic carbocycles. The maximum atomic E-state index is 14.4. The number of rotatable bonds is 3. The second-order valence-corrected chi connectivity index (χ2v) is 9.47. The van der Waals surface area contributed by atoms with Gasteiger partial charge in [0.15, 0.2) is 0 Å². The Labute approximate surface area is 163 Å². The monoisotopic (exact) mass is 518 g/mol. The van der Waals surface area contributed by atoms with Crippen LogP contribution in [0.5, 0.6) is 0 Å². The van der Waals surface area contributed by atoms with Crippen molar-refractivity contribution in [2.75, 3.05) is 0 Å². The summed E-state index contributed by atoms with van der Waals surface area (Å²) >= 11 is 2.07. The van der Waals surface area contributed by atoms with Crippen LogP contribution in [0.25, 0.3) is 22.3 Å². The molecular weight excluding hydrogens is 508 g/mol. The number of hydrogen-bond donors (Lipinski definition) is 0. The van der Waals surface area contributed by atoms with Crippen molar-refractivity contribution in [3.05, 3.63) is 75.9 Å². The van der Waals surface area contributed by atoms with Crippen molar-refractivity contribution >= 4 is 32.8 Å². The highest BCUT2D eigenvalue weighted by Crippen LogP contribution is 3.02. The zero-order chi connectivity index (χ0) is 20.1. The molecule has 0 fully saturated rings. The average molecular weight is 518 g/mol. The van der Waals surface area contributed by atoms with Gasteiger partial charge in [-0.15, -0.1) is 0 Å². The fourth-order valence-corrected chi connectivity index (χ4v) is 3.55. The molecule has 3 aromatic rings. The Morgan fingerprint density at radius 2 is 1.04 bits per heavy atom. The first-order chi connectivity index (χ1) is 12.2. The molecule has 0 radical (unpaired) electrons. The lowest BCUT2D eigenvalue weighted by molar-refractivity contribution is 0.364. The van der Waals surface area contributed by atoms with Crippen LogP contribution in [0.3, 0.4) is 0 Å². The van der Waals surface area contributed by atoms with Crippen molar-refractivity contribution in [3.63, 3.8) is 0 Å². The molecule has 144 valence electrons. The van der Waals surface area contributed by atoms with E-state index in [2.05, 4.69) is 22.6 Å². The van der Waals surface area contributed by atoms with Crippen LogP contribution in [0.1, 0.15) is 0 Å². The molecule has 9 heteroatoms. The van der Waals surface area contributed by atoms with E-state index in [1.807, 2.05) is 0 Å². The smallest absolute Gasteiger partial charge is 0.206 e. The fraction of sp³-hybridized carbons (Fsp3) is 0. The lowest BCUT2D eigenvalue weighted by Gasteiger charge is -2.40. The van der Waals surface area contributed by atoms with Gasteiger partial charge in [-0.05, 0) is 75.7 Å². The lowest BCUT2D eigenvalue weighted by Crippen LogP contribution is -2.05. The summed E-state index contributed by atoms with van der Waals surface area (Å²) in [5.74, 6) is -2.02. The Hall–Kier alpha value is -1.75. The van der Waals surface area contributed by atoms with Crippen LogP contribution < -0.4 is 0 Å². The van der Waals surface area contributed by atoms with Crippen molar-refractivity contribution in [1.82, 2.24) is 0 Å². The highest BCUT2D eigenvalue weighted by Gasteiger charge is 2.65. The minimum atomic E-state index is -9.84. The predicted octanol–water partition coefficient (Wildman–Crippen LogP) is 8.56. The third-order valence-electron chi connectivity index (χ3n) is 3.81. The van der Waals surface area contributed by atoms with Crippen molar-refractivity contribution in [2.24, 2.45) is 0 Å². The third-order valence-corrected chi connectivity index (χ3v) is 5.69. The molecule has 0 atom stereocenters. The summed E-state index contributed by atoms with van der Waals surface area (Å²) < 4.78 is 93.6. The number of halogens is 8. The highest BCUT2D eigenvalue weighted by molar-refractivity contribution is 14.1. The van der Waals surface area contributed by atoms with Gasteiger partial charge in [-0.2, -0.15) is 0 Å². The molecular formula is C18H10F7IS. The van der Waals surface area contributed by atoms with Crippen LogP contribution in [0.15, 0.2) is 65.6 Å². The van der Waals surface area contributed by atoms with E-state index in [1.54, 1.807) is 24.3 Å². The summed E-state index contributed by atoms with van der Waals surface area (Å²) in [6.07, 6.45) is 0. The highest BCUT2D eigenvalue weighted by atomic mass is 127. The van der Waals surface area contributed by atoms with E-state index in [0.717, 1.165) is 15.7 Å². The van der Waals surface area contributed by atoms with Gasteiger partial charge in [-0.3, -0.25) is 0 Å². The summed E-state index contributed by atoms with van der Waals surface area (Å²) in [7, 11) is -9.84. The molecule has 0 aliphatic rings. The summed E-state index contributed by atoms with van der Waals surface area (Å²) in [4.78, 5) is -2.12. The van der Waals surface area contributed by atoms with E-state index < -0.39 is 32.3 Å². The quantitative estimate of drug-likeness (QED) is 0.241. The second-order valence-electron chi connectivity index (χ2n) is 5.82. The second kappa shape index (κ2) is 5.87. The van der Waals surface area contributed by atoms with Gasteiger partial charge in [0.2, 0.25) is 0 Å². The van der Waals surface area contributed by atoms with E-state index in [4.69, 9.17) is 0 Å². The van der Waals surface area contributed by atoms with Crippen LogP contribution in [-0.2, 0) is 0 Å². The van der Waals surface area contributed by atoms with E-state index in [0.29, 0.717) is 17.7 Å². The molecule has 0 unspecified atom stereocenters. The zero-order valence-electron chi connectivity index (χ0n) is 13.2. The van der Waals surface area contributed by atoms with Gasteiger partial charge in [0.1, 0.15) is 16.5 Å². The van der Waals surface area contributed by atoms with Crippen LogP contribution in [-0.4, -0.2) is 0 Å². The SMILES string of the molecule is Fc1cc(-c2ccc(I)cc2)cc(F)c1-c1ccc(S(F)(F)(F)(F)F)cc1. The van der Waals surface area contributed by atoms with E-state index in [9.17, 15) is 28.2 Å². The maximum Gasteiger partial charge on any atom is 0.310 e. The normalized spacial score (nSPS) is 14.5. The molecule has 0 saturated heterocycles. The van der Waals surface area contributed by atoms with Crippen molar-refractivity contribution in [2.45, 2.75) is 4.90 Å². The number of hydrogen-bond acceptors (Lipinski definition) is 0. The summed E-state index contributed by atoms with van der Waals surface area (Å²) in [6.45, 7) is 0. The van der Waals surface area contributed by atoms with Gasteiger partial charge in [-0.25, -0.2) is 8.78 Å². The first kappa shape index (κ1) is 20.0. The van der Waals surface area contributed by atoms with Gasteiger partial charge < -0.3 is 0 Å². The zero-order valence-corrected chi connectivity index (χ0v) is 16.2. The summed E-state index contributed by atoms with van der Waals surface area (Å²) in [5.41, 5.74) is -0.0625. The molecule has 3 aromatic carbocycles. The molecule has 0 amide bonds. The lowest BCUT2D eigenvalue weighted by atomic mass is 9.99. The van der Waals surface area contributed by atoms with Crippen LogP contribution in [0.2, 0.25) is 0 Å². The Kier molecular flexibility index (Phi) is 4.35. The minimum absolute atomic E-state index is 0.128. The third kappa shape index (κ3) is 4.40. The Balaban J connectivity index is 2.05. The van der Waals surface area contributed by atoms with Crippen molar-refractivity contribution in [3.8, 4) is 22.3 Å². The average Bonchev–Trinajstić information content (AvgIpc) is 2.53. The molecule has 0 spiro atoms. The Morgan fingerprint density at radius 1 is 0.593 bits per heavy atom. The molecule has 0 N–H and O–H groups in total. The van der Waals surface area contributed by atoms with Crippen molar-refractivity contribution < 1.29 is 28.2 Å². The molecule has 0 aromatic heterocycles. The van der Waals surface area contributed by atoms with Gasteiger partial charge >= 0.3 is 10.2 Å². The first-order valence-corrected chi connectivity index (χ1v) is 10.4. The molecule has 0 bridgehead atoms. The van der Waals surface area contributed by atoms with E-state index >= 15 is 0 Å². The number of benzene rings is 3. The van der Waals surface area contributed by atoms with Crippen molar-refractivity contribution in [1.29, 1.82) is 0 Å².